The van der Waals surface area contributed by atoms with Gasteiger partial charge in [0.2, 0.25) is 0 Å². The standard InChI is InChI=1S/C17H26N2O/c1-3-19(4-2)17(20)15-7-5-13(6-8-15)14-9-11-16(18)12-10-14/h5-8,14,16H,3-4,9-12,18H2,1-2H3/t14-,16-. The maximum absolute atomic E-state index is 12.2. The Labute approximate surface area is 122 Å². The molecule has 110 valence electrons. The molecule has 1 amide bonds. The van der Waals surface area contributed by atoms with Gasteiger partial charge < -0.3 is 10.6 Å². The van der Waals surface area contributed by atoms with Crippen LogP contribution in [0.3, 0.4) is 0 Å². The minimum absolute atomic E-state index is 0.132. The molecule has 2 N–H and O–H groups in total. The van der Waals surface area contributed by atoms with E-state index >= 15 is 0 Å². The molecule has 3 heteroatoms. The average Bonchev–Trinajstić information content (AvgIpc) is 2.49. The van der Waals surface area contributed by atoms with Gasteiger partial charge >= 0.3 is 0 Å². The zero-order valence-corrected chi connectivity index (χ0v) is 12.6. The molecule has 2 rings (SSSR count). The number of carbonyl (C=O) groups is 1. The predicted octanol–water partition coefficient (Wildman–Crippen LogP) is 3.15. The second kappa shape index (κ2) is 6.89. The van der Waals surface area contributed by atoms with Crippen LogP contribution >= 0.6 is 0 Å². The van der Waals surface area contributed by atoms with Crippen molar-refractivity contribution in [3.05, 3.63) is 35.4 Å². The van der Waals surface area contributed by atoms with Gasteiger partial charge in [-0.3, -0.25) is 4.79 Å². The first kappa shape index (κ1) is 15.0. The largest absolute Gasteiger partial charge is 0.339 e. The van der Waals surface area contributed by atoms with Gasteiger partial charge in [0.05, 0.1) is 0 Å². The fourth-order valence-corrected chi connectivity index (χ4v) is 3.04. The van der Waals surface area contributed by atoms with Crippen LogP contribution in [0.15, 0.2) is 24.3 Å². The van der Waals surface area contributed by atoms with Gasteiger partial charge in [-0.15, -0.1) is 0 Å². The Bertz CT molecular complexity index is 429. The Morgan fingerprint density at radius 2 is 1.65 bits per heavy atom. The first-order valence-corrected chi connectivity index (χ1v) is 7.80. The van der Waals surface area contributed by atoms with Crippen LogP contribution in [0.4, 0.5) is 0 Å². The SMILES string of the molecule is CCN(CC)C(=O)c1ccc([C@H]2CC[C@H](N)CC2)cc1. The lowest BCUT2D eigenvalue weighted by molar-refractivity contribution is 0.0773. The molecule has 0 unspecified atom stereocenters. The van der Waals surface area contributed by atoms with Crippen molar-refractivity contribution in [1.29, 1.82) is 0 Å². The normalized spacial score (nSPS) is 22.6. The third kappa shape index (κ3) is 3.40. The summed E-state index contributed by atoms with van der Waals surface area (Å²) in [6.07, 6.45) is 4.57. The summed E-state index contributed by atoms with van der Waals surface area (Å²) in [5.41, 5.74) is 8.10. The smallest absolute Gasteiger partial charge is 0.253 e. The van der Waals surface area contributed by atoms with Crippen molar-refractivity contribution in [3.63, 3.8) is 0 Å². The second-order valence-electron chi connectivity index (χ2n) is 5.71. The zero-order valence-electron chi connectivity index (χ0n) is 12.6. The van der Waals surface area contributed by atoms with Crippen LogP contribution in [-0.2, 0) is 0 Å². The molecular formula is C17H26N2O. The van der Waals surface area contributed by atoms with Gasteiger partial charge in [-0.05, 0) is 63.1 Å². The van der Waals surface area contributed by atoms with Crippen LogP contribution in [0.1, 0.15) is 61.4 Å². The van der Waals surface area contributed by atoms with E-state index in [4.69, 9.17) is 5.73 Å². The minimum Gasteiger partial charge on any atom is -0.339 e. The van der Waals surface area contributed by atoms with Crippen LogP contribution in [0.5, 0.6) is 0 Å². The average molecular weight is 274 g/mol. The van der Waals surface area contributed by atoms with Crippen LogP contribution in [-0.4, -0.2) is 29.9 Å². The van der Waals surface area contributed by atoms with Gasteiger partial charge in [-0.25, -0.2) is 0 Å². The van der Waals surface area contributed by atoms with Crippen molar-refractivity contribution in [2.75, 3.05) is 13.1 Å². The number of benzene rings is 1. The summed E-state index contributed by atoms with van der Waals surface area (Å²) in [4.78, 5) is 14.1. The highest BCUT2D eigenvalue weighted by Crippen LogP contribution is 2.32. The van der Waals surface area contributed by atoms with Crippen molar-refractivity contribution < 1.29 is 4.79 Å². The second-order valence-corrected chi connectivity index (χ2v) is 5.71. The summed E-state index contributed by atoms with van der Waals surface area (Å²) >= 11 is 0. The molecule has 0 spiro atoms. The molecule has 0 heterocycles. The van der Waals surface area contributed by atoms with Crippen molar-refractivity contribution >= 4 is 5.91 Å². The maximum Gasteiger partial charge on any atom is 0.253 e. The topological polar surface area (TPSA) is 46.3 Å². The Morgan fingerprint density at radius 3 is 2.15 bits per heavy atom. The summed E-state index contributed by atoms with van der Waals surface area (Å²) in [7, 11) is 0. The first-order chi connectivity index (χ1) is 9.65. The molecule has 0 atom stereocenters. The maximum atomic E-state index is 12.2. The molecule has 0 aliphatic heterocycles. The van der Waals surface area contributed by atoms with Crippen molar-refractivity contribution in [2.45, 2.75) is 51.5 Å². The molecule has 0 saturated heterocycles. The molecule has 1 aliphatic carbocycles. The third-order valence-corrected chi connectivity index (χ3v) is 4.45. The van der Waals surface area contributed by atoms with E-state index in [1.165, 1.54) is 18.4 Å². The van der Waals surface area contributed by atoms with Gasteiger partial charge in [-0.2, -0.15) is 0 Å². The summed E-state index contributed by atoms with van der Waals surface area (Å²) < 4.78 is 0. The number of hydrogen-bond acceptors (Lipinski definition) is 2. The van der Waals surface area contributed by atoms with E-state index in [2.05, 4.69) is 12.1 Å². The summed E-state index contributed by atoms with van der Waals surface area (Å²) in [5.74, 6) is 0.750. The predicted molar refractivity (Wildman–Crippen MR) is 82.9 cm³/mol. The lowest BCUT2D eigenvalue weighted by atomic mass is 9.82. The first-order valence-electron chi connectivity index (χ1n) is 7.80. The quantitative estimate of drug-likeness (QED) is 0.916. The molecule has 20 heavy (non-hydrogen) atoms. The highest BCUT2D eigenvalue weighted by molar-refractivity contribution is 5.94. The number of carbonyl (C=O) groups excluding carboxylic acids is 1. The van der Waals surface area contributed by atoms with Crippen LogP contribution < -0.4 is 5.73 Å². The van der Waals surface area contributed by atoms with E-state index in [9.17, 15) is 4.79 Å². The lowest BCUT2D eigenvalue weighted by Gasteiger charge is -2.26. The number of nitrogens with two attached hydrogens (primary N) is 1. The lowest BCUT2D eigenvalue weighted by Crippen LogP contribution is -2.30. The van der Waals surface area contributed by atoms with Crippen molar-refractivity contribution in [3.8, 4) is 0 Å². The van der Waals surface area contributed by atoms with E-state index < -0.39 is 0 Å². The van der Waals surface area contributed by atoms with Crippen molar-refractivity contribution in [1.82, 2.24) is 4.90 Å². The highest BCUT2D eigenvalue weighted by atomic mass is 16.2. The van der Waals surface area contributed by atoms with Gasteiger partial charge in [0.15, 0.2) is 0 Å². The van der Waals surface area contributed by atoms with Gasteiger partial charge in [0.1, 0.15) is 0 Å². The summed E-state index contributed by atoms with van der Waals surface area (Å²) in [5, 5.41) is 0. The minimum atomic E-state index is 0.132. The van der Waals surface area contributed by atoms with Gasteiger partial charge in [0.25, 0.3) is 5.91 Å². The molecular weight excluding hydrogens is 248 g/mol. The van der Waals surface area contributed by atoms with Crippen molar-refractivity contribution in [2.24, 2.45) is 5.73 Å². The number of amides is 1. The number of rotatable bonds is 4. The fraction of sp³-hybridized carbons (Fsp3) is 0.588. The molecule has 1 saturated carbocycles. The Kier molecular flexibility index (Phi) is 5.18. The molecule has 1 aliphatic rings. The fourth-order valence-electron chi connectivity index (χ4n) is 3.04. The molecule has 0 radical (unpaired) electrons. The van der Waals surface area contributed by atoms with Gasteiger partial charge in [-0.1, -0.05) is 12.1 Å². The van der Waals surface area contributed by atoms with Crippen LogP contribution in [0, 0.1) is 0 Å². The van der Waals surface area contributed by atoms with Gasteiger partial charge in [0, 0.05) is 24.7 Å². The summed E-state index contributed by atoms with van der Waals surface area (Å²) in [6, 6.07) is 8.58. The van der Waals surface area contributed by atoms with E-state index in [0.29, 0.717) is 12.0 Å². The summed E-state index contributed by atoms with van der Waals surface area (Å²) in [6.45, 7) is 5.55. The molecule has 0 aromatic heterocycles. The van der Waals surface area contributed by atoms with E-state index in [1.807, 2.05) is 30.9 Å². The number of nitrogens with zero attached hydrogens (tertiary/aromatic N) is 1. The Balaban J connectivity index is 2.04. The Hall–Kier alpha value is -1.35. The Morgan fingerprint density at radius 1 is 1.10 bits per heavy atom. The molecule has 1 aromatic rings. The highest BCUT2D eigenvalue weighted by Gasteiger charge is 2.20. The zero-order chi connectivity index (χ0) is 14.5. The third-order valence-electron chi connectivity index (χ3n) is 4.45. The molecule has 1 fully saturated rings. The molecule has 1 aromatic carbocycles. The van der Waals surface area contributed by atoms with Crippen LogP contribution in [0.2, 0.25) is 0 Å². The number of hydrogen-bond donors (Lipinski definition) is 1. The van der Waals surface area contributed by atoms with E-state index in [0.717, 1.165) is 31.5 Å². The van der Waals surface area contributed by atoms with Crippen LogP contribution in [0.25, 0.3) is 0 Å². The monoisotopic (exact) mass is 274 g/mol. The molecule has 3 nitrogen and oxygen atoms in total. The van der Waals surface area contributed by atoms with E-state index in [1.54, 1.807) is 0 Å². The molecule has 0 bridgehead atoms. The van der Waals surface area contributed by atoms with E-state index in [-0.39, 0.29) is 5.91 Å².